The Morgan fingerprint density at radius 2 is 1.92 bits per heavy atom. The zero-order chi connectivity index (χ0) is 9.94. The maximum atomic E-state index is 10.6. The highest BCUT2D eigenvalue weighted by Gasteiger charge is 2.27. The molecule has 0 aliphatic heterocycles. The summed E-state index contributed by atoms with van der Waals surface area (Å²) in [5.74, 6) is -1.12. The van der Waals surface area contributed by atoms with Gasteiger partial charge in [0.2, 0.25) is 0 Å². The fraction of sp³-hybridized carbons (Fsp3) is 0.500. The number of hydrogen-bond acceptors (Lipinski definition) is 1. The first kappa shape index (κ1) is 11.0. The summed E-state index contributed by atoms with van der Waals surface area (Å²) in [7, 11) is 0. The van der Waals surface area contributed by atoms with Gasteiger partial charge in [0.25, 0.3) is 0 Å². The highest BCUT2D eigenvalue weighted by atomic mass is 16.4. The van der Waals surface area contributed by atoms with E-state index >= 15 is 0 Å². The Morgan fingerprint density at radius 1 is 1.50 bits per heavy atom. The van der Waals surface area contributed by atoms with Gasteiger partial charge >= 0.3 is 5.97 Å². The van der Waals surface area contributed by atoms with Gasteiger partial charge in [0.05, 0.1) is 0 Å². The maximum Gasteiger partial charge on any atom is 0.331 e. The zero-order valence-corrected chi connectivity index (χ0v) is 7.92. The van der Waals surface area contributed by atoms with Gasteiger partial charge in [0, 0.05) is 11.5 Å². The Kier molecular flexibility index (Phi) is 3.25. The van der Waals surface area contributed by atoms with Crippen molar-refractivity contribution in [1.82, 2.24) is 0 Å². The van der Waals surface area contributed by atoms with E-state index in [1.165, 1.54) is 0 Å². The topological polar surface area (TPSA) is 37.3 Å². The van der Waals surface area contributed by atoms with E-state index in [2.05, 4.69) is 13.2 Å². The molecular formula is C10H16O2. The van der Waals surface area contributed by atoms with Crippen molar-refractivity contribution < 1.29 is 9.90 Å². The molecule has 0 aliphatic rings. The standard InChI is InChI=1S/C10H16O2/c1-6-8(10(3,4)5)7(2)9(11)12/h6,8H,1-2H2,3-5H3,(H,11,12). The Hall–Kier alpha value is -1.05. The molecule has 0 amide bonds. The van der Waals surface area contributed by atoms with Crippen molar-refractivity contribution >= 4 is 5.97 Å². The number of carboxylic acids is 1. The molecular weight excluding hydrogens is 152 g/mol. The number of aliphatic carboxylic acids is 1. The van der Waals surface area contributed by atoms with Gasteiger partial charge < -0.3 is 5.11 Å². The Morgan fingerprint density at radius 3 is 2.00 bits per heavy atom. The van der Waals surface area contributed by atoms with Gasteiger partial charge in [-0.3, -0.25) is 0 Å². The van der Waals surface area contributed by atoms with Crippen LogP contribution in [0.4, 0.5) is 0 Å². The second kappa shape index (κ2) is 3.57. The SMILES string of the molecule is C=CC(C(=C)C(=O)O)C(C)(C)C. The van der Waals surface area contributed by atoms with E-state index in [0.29, 0.717) is 0 Å². The van der Waals surface area contributed by atoms with Crippen molar-refractivity contribution in [2.45, 2.75) is 20.8 Å². The molecule has 0 aromatic carbocycles. The lowest BCUT2D eigenvalue weighted by molar-refractivity contribution is -0.133. The average molecular weight is 168 g/mol. The number of carbonyl (C=O) groups is 1. The van der Waals surface area contributed by atoms with Crippen molar-refractivity contribution in [3.05, 3.63) is 24.8 Å². The fourth-order valence-corrected chi connectivity index (χ4v) is 1.15. The summed E-state index contributed by atoms with van der Waals surface area (Å²) in [6.07, 6.45) is 1.64. The summed E-state index contributed by atoms with van der Waals surface area (Å²) >= 11 is 0. The highest BCUT2D eigenvalue weighted by molar-refractivity contribution is 5.86. The molecule has 0 saturated carbocycles. The third-order valence-electron chi connectivity index (χ3n) is 1.82. The van der Waals surface area contributed by atoms with Crippen LogP contribution in [0.2, 0.25) is 0 Å². The van der Waals surface area contributed by atoms with Crippen LogP contribution in [0.5, 0.6) is 0 Å². The predicted molar refractivity (Wildman–Crippen MR) is 49.9 cm³/mol. The van der Waals surface area contributed by atoms with Gasteiger partial charge in [0.15, 0.2) is 0 Å². The lowest BCUT2D eigenvalue weighted by Crippen LogP contribution is -2.23. The van der Waals surface area contributed by atoms with Crippen LogP contribution in [0.1, 0.15) is 20.8 Å². The van der Waals surface area contributed by atoms with E-state index in [0.717, 1.165) is 0 Å². The molecule has 68 valence electrons. The van der Waals surface area contributed by atoms with Crippen LogP contribution < -0.4 is 0 Å². The van der Waals surface area contributed by atoms with Crippen molar-refractivity contribution in [2.24, 2.45) is 11.3 Å². The molecule has 0 aromatic heterocycles. The minimum Gasteiger partial charge on any atom is -0.478 e. The summed E-state index contributed by atoms with van der Waals surface area (Å²) in [6.45, 7) is 13.0. The number of allylic oxidation sites excluding steroid dienone is 1. The molecule has 0 radical (unpaired) electrons. The van der Waals surface area contributed by atoms with E-state index in [1.54, 1.807) is 6.08 Å². The van der Waals surface area contributed by atoms with Crippen LogP contribution >= 0.6 is 0 Å². The van der Waals surface area contributed by atoms with E-state index in [1.807, 2.05) is 20.8 Å². The normalized spacial score (nSPS) is 13.6. The highest BCUT2D eigenvalue weighted by Crippen LogP contribution is 2.31. The van der Waals surface area contributed by atoms with Gasteiger partial charge in [-0.15, -0.1) is 6.58 Å². The van der Waals surface area contributed by atoms with Gasteiger partial charge in [0.1, 0.15) is 0 Å². The molecule has 0 aliphatic carbocycles. The number of carboxylic acid groups (broad SMARTS) is 1. The van der Waals surface area contributed by atoms with E-state index in [-0.39, 0.29) is 16.9 Å². The van der Waals surface area contributed by atoms with Gasteiger partial charge in [-0.05, 0) is 5.41 Å². The first-order valence-electron chi connectivity index (χ1n) is 3.85. The smallest absolute Gasteiger partial charge is 0.331 e. The maximum absolute atomic E-state index is 10.6. The van der Waals surface area contributed by atoms with Crippen LogP contribution in [-0.2, 0) is 4.79 Å². The Labute approximate surface area is 73.6 Å². The van der Waals surface area contributed by atoms with E-state index in [9.17, 15) is 4.79 Å². The third-order valence-corrected chi connectivity index (χ3v) is 1.82. The molecule has 0 fully saturated rings. The average Bonchev–Trinajstić information content (AvgIpc) is 1.85. The van der Waals surface area contributed by atoms with Crippen LogP contribution in [0.25, 0.3) is 0 Å². The molecule has 2 nitrogen and oxygen atoms in total. The van der Waals surface area contributed by atoms with E-state index in [4.69, 9.17) is 5.11 Å². The largest absolute Gasteiger partial charge is 0.478 e. The number of hydrogen-bond donors (Lipinski definition) is 1. The third kappa shape index (κ3) is 2.53. The van der Waals surface area contributed by atoms with Crippen molar-refractivity contribution in [2.75, 3.05) is 0 Å². The van der Waals surface area contributed by atoms with Crippen LogP contribution in [0.15, 0.2) is 24.8 Å². The molecule has 0 aromatic rings. The predicted octanol–water partition coefficient (Wildman–Crippen LogP) is 2.48. The minimum atomic E-state index is -0.949. The molecule has 12 heavy (non-hydrogen) atoms. The van der Waals surface area contributed by atoms with Crippen molar-refractivity contribution in [3.63, 3.8) is 0 Å². The monoisotopic (exact) mass is 168 g/mol. The summed E-state index contributed by atoms with van der Waals surface area (Å²) in [5.41, 5.74) is 0.0783. The molecule has 0 heterocycles. The zero-order valence-electron chi connectivity index (χ0n) is 7.92. The minimum absolute atomic E-state index is 0.128. The second-order valence-electron chi connectivity index (χ2n) is 3.91. The van der Waals surface area contributed by atoms with Crippen LogP contribution in [0.3, 0.4) is 0 Å². The lowest BCUT2D eigenvalue weighted by Gasteiger charge is -2.27. The summed E-state index contributed by atoms with van der Waals surface area (Å²) < 4.78 is 0. The van der Waals surface area contributed by atoms with E-state index < -0.39 is 5.97 Å². The molecule has 1 N–H and O–H groups in total. The van der Waals surface area contributed by atoms with Crippen molar-refractivity contribution in [3.8, 4) is 0 Å². The molecule has 1 atom stereocenters. The molecule has 2 heteroatoms. The molecule has 0 spiro atoms. The number of rotatable bonds is 3. The Bertz CT molecular complexity index is 208. The molecule has 0 rings (SSSR count). The van der Waals surface area contributed by atoms with Gasteiger partial charge in [-0.2, -0.15) is 0 Å². The second-order valence-corrected chi connectivity index (χ2v) is 3.91. The fourth-order valence-electron chi connectivity index (χ4n) is 1.15. The van der Waals surface area contributed by atoms with Gasteiger partial charge in [-0.25, -0.2) is 4.79 Å². The first-order chi connectivity index (χ1) is 5.30. The Balaban J connectivity index is 4.69. The summed E-state index contributed by atoms with van der Waals surface area (Å²) in [5, 5.41) is 8.70. The first-order valence-corrected chi connectivity index (χ1v) is 3.85. The van der Waals surface area contributed by atoms with Gasteiger partial charge in [-0.1, -0.05) is 33.4 Å². The quantitative estimate of drug-likeness (QED) is 0.519. The van der Waals surface area contributed by atoms with Crippen LogP contribution in [-0.4, -0.2) is 11.1 Å². The molecule has 0 bridgehead atoms. The molecule has 0 saturated heterocycles. The molecule has 1 unspecified atom stereocenters. The summed E-state index contributed by atoms with van der Waals surface area (Å²) in [4.78, 5) is 10.6. The van der Waals surface area contributed by atoms with Crippen molar-refractivity contribution in [1.29, 1.82) is 0 Å². The lowest BCUT2D eigenvalue weighted by atomic mass is 9.77. The summed E-state index contributed by atoms with van der Waals surface area (Å²) in [6, 6.07) is 0. The van der Waals surface area contributed by atoms with Crippen LogP contribution in [0, 0.1) is 11.3 Å².